The minimum absolute atomic E-state index is 0.457. The van der Waals surface area contributed by atoms with Crippen molar-refractivity contribution in [1.29, 1.82) is 0 Å². The molecule has 1 saturated heterocycles. The zero-order chi connectivity index (χ0) is 16.4. The number of rotatable bonds is 4. The molecule has 1 aromatic carbocycles. The van der Waals surface area contributed by atoms with Gasteiger partial charge in [-0.1, -0.05) is 23.2 Å². The average molecular weight is 351 g/mol. The second-order valence-corrected chi connectivity index (χ2v) is 6.96. The number of halogens is 2. The van der Waals surface area contributed by atoms with Crippen LogP contribution in [-0.4, -0.2) is 41.0 Å². The topological polar surface area (TPSA) is 32.3 Å². The summed E-state index contributed by atoms with van der Waals surface area (Å²) in [6, 6.07) is 8.22. The summed E-state index contributed by atoms with van der Waals surface area (Å²) in [6.07, 6.45) is 2.75. The SMILES string of the molecule is Cc1cc(N(C)C2CCN(Cc3cc(Cl)cc(Cl)c3)C2)ncn1. The summed E-state index contributed by atoms with van der Waals surface area (Å²) in [4.78, 5) is 13.2. The standard InChI is InChI=1S/C17H20Cl2N4/c1-12-5-17(21-11-20-12)22(2)16-3-4-23(10-16)9-13-6-14(18)8-15(19)7-13/h5-8,11,16H,3-4,9-10H2,1-2H3. The molecule has 4 nitrogen and oxygen atoms in total. The summed E-state index contributed by atoms with van der Waals surface area (Å²) in [5.74, 6) is 0.982. The van der Waals surface area contributed by atoms with Gasteiger partial charge in [0, 0.05) is 54.5 Å². The largest absolute Gasteiger partial charge is 0.355 e. The van der Waals surface area contributed by atoms with Crippen LogP contribution in [0, 0.1) is 6.92 Å². The first-order valence-corrected chi connectivity index (χ1v) is 8.45. The lowest BCUT2D eigenvalue weighted by Gasteiger charge is -2.26. The maximum Gasteiger partial charge on any atom is 0.132 e. The van der Waals surface area contributed by atoms with Crippen molar-refractivity contribution in [2.45, 2.75) is 25.9 Å². The molecule has 1 aromatic heterocycles. The van der Waals surface area contributed by atoms with Gasteiger partial charge in [-0.05, 0) is 37.1 Å². The Morgan fingerprint density at radius 2 is 1.91 bits per heavy atom. The highest BCUT2D eigenvalue weighted by Gasteiger charge is 2.26. The lowest BCUT2D eigenvalue weighted by Crippen LogP contribution is -2.35. The van der Waals surface area contributed by atoms with Crippen LogP contribution in [0.5, 0.6) is 0 Å². The summed E-state index contributed by atoms with van der Waals surface area (Å²) in [6.45, 7) is 4.92. The van der Waals surface area contributed by atoms with E-state index in [4.69, 9.17) is 23.2 Å². The van der Waals surface area contributed by atoms with Crippen LogP contribution in [0.4, 0.5) is 5.82 Å². The van der Waals surface area contributed by atoms with Gasteiger partial charge in [-0.3, -0.25) is 4.90 Å². The van der Waals surface area contributed by atoms with Crippen molar-refractivity contribution in [1.82, 2.24) is 14.9 Å². The fourth-order valence-electron chi connectivity index (χ4n) is 3.05. The van der Waals surface area contributed by atoms with E-state index in [9.17, 15) is 0 Å². The molecular formula is C17H20Cl2N4. The Hall–Kier alpha value is -1.36. The lowest BCUT2D eigenvalue weighted by molar-refractivity contribution is 0.326. The Morgan fingerprint density at radius 1 is 1.17 bits per heavy atom. The van der Waals surface area contributed by atoms with Crippen molar-refractivity contribution in [3.05, 3.63) is 51.9 Å². The Labute approximate surface area is 147 Å². The van der Waals surface area contributed by atoms with E-state index in [2.05, 4.69) is 26.8 Å². The van der Waals surface area contributed by atoms with Gasteiger partial charge < -0.3 is 4.90 Å². The van der Waals surface area contributed by atoms with E-state index in [-0.39, 0.29) is 0 Å². The summed E-state index contributed by atoms with van der Waals surface area (Å²) >= 11 is 12.2. The molecule has 1 aliphatic rings. The van der Waals surface area contributed by atoms with Crippen molar-refractivity contribution in [3.8, 4) is 0 Å². The van der Waals surface area contributed by atoms with Crippen LogP contribution in [-0.2, 0) is 6.54 Å². The summed E-state index contributed by atoms with van der Waals surface area (Å²) in [5.41, 5.74) is 2.15. The third kappa shape index (κ3) is 4.14. The number of hydrogen-bond donors (Lipinski definition) is 0. The van der Waals surface area contributed by atoms with Crippen LogP contribution in [0.1, 0.15) is 17.7 Å². The highest BCUT2D eigenvalue weighted by molar-refractivity contribution is 6.34. The molecule has 2 heterocycles. The number of likely N-dealkylation sites (N-methyl/N-ethyl adjacent to an activating group) is 1. The van der Waals surface area contributed by atoms with Crippen LogP contribution in [0.15, 0.2) is 30.6 Å². The molecule has 122 valence electrons. The zero-order valence-electron chi connectivity index (χ0n) is 13.3. The Bertz CT molecular complexity index is 672. The molecule has 0 bridgehead atoms. The third-order valence-corrected chi connectivity index (χ3v) is 4.71. The number of benzene rings is 1. The van der Waals surface area contributed by atoms with Crippen LogP contribution >= 0.6 is 23.2 Å². The first-order chi connectivity index (χ1) is 11.0. The highest BCUT2D eigenvalue weighted by Crippen LogP contribution is 2.24. The van der Waals surface area contributed by atoms with Crippen molar-refractivity contribution in [2.75, 3.05) is 25.0 Å². The summed E-state index contributed by atoms with van der Waals surface area (Å²) < 4.78 is 0. The molecule has 0 N–H and O–H groups in total. The molecule has 1 atom stereocenters. The fourth-order valence-corrected chi connectivity index (χ4v) is 3.62. The van der Waals surface area contributed by atoms with Gasteiger partial charge in [-0.15, -0.1) is 0 Å². The predicted molar refractivity (Wildman–Crippen MR) is 95.3 cm³/mol. The molecule has 23 heavy (non-hydrogen) atoms. The van der Waals surface area contributed by atoms with E-state index in [1.807, 2.05) is 25.1 Å². The van der Waals surface area contributed by atoms with Crippen LogP contribution in [0.2, 0.25) is 10.0 Å². The molecule has 0 amide bonds. The number of anilines is 1. The van der Waals surface area contributed by atoms with Gasteiger partial charge in [-0.25, -0.2) is 9.97 Å². The minimum atomic E-state index is 0.457. The molecule has 0 saturated carbocycles. The molecule has 1 fully saturated rings. The van der Waals surface area contributed by atoms with E-state index in [0.717, 1.165) is 43.1 Å². The van der Waals surface area contributed by atoms with Crippen LogP contribution in [0.3, 0.4) is 0 Å². The monoisotopic (exact) mass is 350 g/mol. The van der Waals surface area contributed by atoms with Gasteiger partial charge in [0.1, 0.15) is 12.1 Å². The molecular weight excluding hydrogens is 331 g/mol. The molecule has 0 aliphatic carbocycles. The molecule has 0 radical (unpaired) electrons. The summed E-state index contributed by atoms with van der Waals surface area (Å²) in [7, 11) is 2.10. The second-order valence-electron chi connectivity index (χ2n) is 6.08. The van der Waals surface area contributed by atoms with Gasteiger partial charge in [0.15, 0.2) is 0 Å². The molecule has 6 heteroatoms. The minimum Gasteiger partial charge on any atom is -0.355 e. The van der Waals surface area contributed by atoms with Gasteiger partial charge >= 0.3 is 0 Å². The van der Waals surface area contributed by atoms with Crippen LogP contribution in [0.25, 0.3) is 0 Å². The van der Waals surface area contributed by atoms with E-state index >= 15 is 0 Å². The quantitative estimate of drug-likeness (QED) is 0.839. The Morgan fingerprint density at radius 3 is 2.61 bits per heavy atom. The lowest BCUT2D eigenvalue weighted by atomic mass is 10.2. The number of likely N-dealkylation sites (tertiary alicyclic amines) is 1. The normalized spacial score (nSPS) is 18.3. The Balaban J connectivity index is 1.64. The Kier molecular flexibility index (Phi) is 5.05. The number of aromatic nitrogens is 2. The van der Waals surface area contributed by atoms with Gasteiger partial charge in [0.05, 0.1) is 0 Å². The first kappa shape index (κ1) is 16.5. The van der Waals surface area contributed by atoms with E-state index in [1.165, 1.54) is 0 Å². The number of hydrogen-bond acceptors (Lipinski definition) is 4. The van der Waals surface area contributed by atoms with E-state index < -0.39 is 0 Å². The highest BCUT2D eigenvalue weighted by atomic mass is 35.5. The molecule has 3 rings (SSSR count). The van der Waals surface area contributed by atoms with Gasteiger partial charge in [-0.2, -0.15) is 0 Å². The maximum absolute atomic E-state index is 6.08. The van der Waals surface area contributed by atoms with Crippen molar-refractivity contribution < 1.29 is 0 Å². The van der Waals surface area contributed by atoms with Crippen molar-refractivity contribution in [2.24, 2.45) is 0 Å². The molecule has 1 unspecified atom stereocenters. The average Bonchev–Trinajstić information content (AvgIpc) is 2.94. The maximum atomic E-state index is 6.08. The van der Waals surface area contributed by atoms with Crippen molar-refractivity contribution >= 4 is 29.0 Å². The number of nitrogens with zero attached hydrogens (tertiary/aromatic N) is 4. The van der Waals surface area contributed by atoms with E-state index in [0.29, 0.717) is 16.1 Å². The first-order valence-electron chi connectivity index (χ1n) is 7.70. The number of aryl methyl sites for hydroxylation is 1. The third-order valence-electron chi connectivity index (χ3n) is 4.27. The smallest absolute Gasteiger partial charge is 0.132 e. The molecule has 1 aliphatic heterocycles. The molecule has 0 spiro atoms. The van der Waals surface area contributed by atoms with Gasteiger partial charge in [0.2, 0.25) is 0 Å². The molecule has 2 aromatic rings. The summed E-state index contributed by atoms with van der Waals surface area (Å²) in [5, 5.41) is 1.38. The van der Waals surface area contributed by atoms with Crippen molar-refractivity contribution in [3.63, 3.8) is 0 Å². The predicted octanol–water partition coefficient (Wildman–Crippen LogP) is 3.80. The van der Waals surface area contributed by atoms with Crippen LogP contribution < -0.4 is 4.90 Å². The second kappa shape index (κ2) is 7.04. The van der Waals surface area contributed by atoms with Gasteiger partial charge in [0.25, 0.3) is 0 Å². The fraction of sp³-hybridized carbons (Fsp3) is 0.412. The zero-order valence-corrected chi connectivity index (χ0v) is 14.8. The van der Waals surface area contributed by atoms with E-state index in [1.54, 1.807) is 12.4 Å².